The number of rotatable bonds is 6. The van der Waals surface area contributed by atoms with Crippen molar-refractivity contribution in [1.82, 2.24) is 14.9 Å². The van der Waals surface area contributed by atoms with Crippen LogP contribution < -0.4 is 5.32 Å². The van der Waals surface area contributed by atoms with E-state index in [2.05, 4.69) is 10.3 Å². The lowest BCUT2D eigenvalue weighted by molar-refractivity contribution is 0.0908. The third-order valence-corrected chi connectivity index (χ3v) is 5.31. The van der Waals surface area contributed by atoms with E-state index in [9.17, 15) is 18.3 Å². The number of imidazole rings is 1. The molecule has 1 amide bonds. The fourth-order valence-electron chi connectivity index (χ4n) is 2.12. The molecule has 0 radical (unpaired) electrons. The zero-order valence-corrected chi connectivity index (χ0v) is 13.7. The molecule has 8 heteroatoms. The van der Waals surface area contributed by atoms with Crippen molar-refractivity contribution < 1.29 is 18.3 Å². The molecule has 1 aromatic carbocycles. The van der Waals surface area contributed by atoms with E-state index in [4.69, 9.17) is 0 Å². The van der Waals surface area contributed by atoms with Crippen molar-refractivity contribution in [2.24, 2.45) is 7.05 Å². The van der Waals surface area contributed by atoms with Gasteiger partial charge in [-0.3, -0.25) is 4.79 Å². The second-order valence-corrected chi connectivity index (χ2v) is 7.35. The number of aryl methyl sites for hydroxylation is 1. The minimum absolute atomic E-state index is 0.0208. The highest BCUT2D eigenvalue weighted by Crippen LogP contribution is 2.18. The van der Waals surface area contributed by atoms with Crippen LogP contribution in [0.2, 0.25) is 0 Å². The number of aliphatic hydroxyl groups excluding tert-OH is 1. The van der Waals surface area contributed by atoms with E-state index in [0.29, 0.717) is 11.3 Å². The molecule has 0 aliphatic heterocycles. The van der Waals surface area contributed by atoms with Crippen LogP contribution in [0.1, 0.15) is 29.0 Å². The van der Waals surface area contributed by atoms with Crippen LogP contribution in [0, 0.1) is 0 Å². The molecule has 2 aromatic rings. The second kappa shape index (κ2) is 6.93. The maximum atomic E-state index is 12.2. The van der Waals surface area contributed by atoms with E-state index in [1.54, 1.807) is 30.7 Å². The van der Waals surface area contributed by atoms with Gasteiger partial charge in [-0.25, -0.2) is 13.4 Å². The Morgan fingerprint density at radius 1 is 1.35 bits per heavy atom. The Hall–Kier alpha value is -2.19. The predicted octanol–water partition coefficient (Wildman–Crippen LogP) is 0.677. The van der Waals surface area contributed by atoms with Crippen LogP contribution in [-0.4, -0.2) is 41.3 Å². The molecule has 0 spiro atoms. The molecule has 0 unspecified atom stereocenters. The van der Waals surface area contributed by atoms with E-state index < -0.39 is 15.9 Å². The Kier molecular flexibility index (Phi) is 5.17. The lowest BCUT2D eigenvalue weighted by atomic mass is 10.1. The first-order valence-corrected chi connectivity index (χ1v) is 8.75. The first-order chi connectivity index (χ1) is 10.9. The summed E-state index contributed by atoms with van der Waals surface area (Å²) in [5.41, 5.74) is 0.992. The molecule has 124 valence electrons. The topological polar surface area (TPSA) is 101 Å². The van der Waals surface area contributed by atoms with Gasteiger partial charge in [-0.2, -0.15) is 0 Å². The average molecular weight is 337 g/mol. The summed E-state index contributed by atoms with van der Waals surface area (Å²) >= 11 is 0. The quantitative estimate of drug-likeness (QED) is 0.807. The summed E-state index contributed by atoms with van der Waals surface area (Å²) in [6, 6.07) is 5.51. The summed E-state index contributed by atoms with van der Waals surface area (Å²) in [6.07, 6.45) is 2.94. The largest absolute Gasteiger partial charge is 0.394 e. The van der Waals surface area contributed by atoms with E-state index >= 15 is 0 Å². The molecule has 7 nitrogen and oxygen atoms in total. The van der Waals surface area contributed by atoms with Crippen molar-refractivity contribution in [2.45, 2.75) is 17.9 Å². The Morgan fingerprint density at radius 3 is 2.48 bits per heavy atom. The molecule has 0 aliphatic rings. The Balaban J connectivity index is 2.18. The Bertz CT molecular complexity index is 781. The molecule has 1 aromatic heterocycles. The lowest BCUT2D eigenvalue weighted by Crippen LogP contribution is -2.31. The van der Waals surface area contributed by atoms with Crippen LogP contribution in [-0.2, 0) is 16.9 Å². The van der Waals surface area contributed by atoms with Gasteiger partial charge >= 0.3 is 0 Å². The summed E-state index contributed by atoms with van der Waals surface area (Å²) in [5, 5.41) is 12.2. The van der Waals surface area contributed by atoms with Crippen molar-refractivity contribution in [3.8, 4) is 0 Å². The van der Waals surface area contributed by atoms with Gasteiger partial charge in [0.1, 0.15) is 5.69 Å². The molecule has 1 atom stereocenters. The number of nitrogens with one attached hydrogen (secondary N) is 1. The number of carbonyl (C=O) groups is 1. The van der Waals surface area contributed by atoms with Gasteiger partial charge in [0.25, 0.3) is 5.91 Å². The number of hydrogen-bond acceptors (Lipinski definition) is 5. The third-order valence-electron chi connectivity index (χ3n) is 3.56. The molecular weight excluding hydrogens is 318 g/mol. The van der Waals surface area contributed by atoms with Gasteiger partial charge in [0.15, 0.2) is 9.84 Å². The Morgan fingerprint density at radius 2 is 2.00 bits per heavy atom. The lowest BCUT2D eigenvalue weighted by Gasteiger charge is -2.17. The molecule has 0 saturated carbocycles. The summed E-state index contributed by atoms with van der Waals surface area (Å²) in [7, 11) is -1.58. The van der Waals surface area contributed by atoms with Crippen LogP contribution in [0.3, 0.4) is 0 Å². The molecule has 2 N–H and O–H groups in total. The first-order valence-electron chi connectivity index (χ1n) is 7.09. The minimum Gasteiger partial charge on any atom is -0.394 e. The number of aromatic nitrogens is 2. The van der Waals surface area contributed by atoms with Crippen LogP contribution in [0.15, 0.2) is 41.7 Å². The van der Waals surface area contributed by atoms with Gasteiger partial charge in [0.2, 0.25) is 0 Å². The number of carbonyl (C=O) groups excluding carboxylic acids is 1. The highest BCUT2D eigenvalue weighted by molar-refractivity contribution is 7.91. The monoisotopic (exact) mass is 337 g/mol. The normalized spacial score (nSPS) is 12.8. The maximum absolute atomic E-state index is 12.2. The van der Waals surface area contributed by atoms with Crippen LogP contribution in [0.25, 0.3) is 0 Å². The summed E-state index contributed by atoms with van der Waals surface area (Å²) < 4.78 is 25.2. The number of hydrogen-bond donors (Lipinski definition) is 2. The predicted molar refractivity (Wildman–Crippen MR) is 84.7 cm³/mol. The highest BCUT2D eigenvalue weighted by atomic mass is 32.2. The SMILES string of the molecule is CCS(=O)(=O)c1ccc([C@H](CO)NC(=O)c2cncn2C)cc1. The summed E-state index contributed by atoms with van der Waals surface area (Å²) in [6.45, 7) is 1.28. The number of benzene rings is 1. The van der Waals surface area contributed by atoms with Gasteiger partial charge in [-0.05, 0) is 17.7 Å². The van der Waals surface area contributed by atoms with E-state index in [0.717, 1.165) is 0 Å². The zero-order valence-electron chi connectivity index (χ0n) is 12.9. The summed E-state index contributed by atoms with van der Waals surface area (Å²) in [4.78, 5) is 16.3. The molecule has 23 heavy (non-hydrogen) atoms. The average Bonchev–Trinajstić information content (AvgIpc) is 2.98. The van der Waals surface area contributed by atoms with Gasteiger partial charge in [0.05, 0.1) is 35.8 Å². The van der Waals surface area contributed by atoms with E-state index in [1.807, 2.05) is 0 Å². The Labute approximate surface area is 134 Å². The number of nitrogens with zero attached hydrogens (tertiary/aromatic N) is 2. The fourth-order valence-corrected chi connectivity index (χ4v) is 3.00. The molecule has 0 fully saturated rings. The minimum atomic E-state index is -3.27. The number of aliphatic hydroxyl groups is 1. The standard InChI is InChI=1S/C15H19N3O4S/c1-3-23(21,22)12-6-4-11(5-7-12)13(9-19)17-15(20)14-8-16-10-18(14)2/h4-8,10,13,19H,3,9H2,1-2H3,(H,17,20)/t13-/m0/s1. The highest BCUT2D eigenvalue weighted by Gasteiger charge is 2.18. The van der Waals surface area contributed by atoms with Crippen LogP contribution >= 0.6 is 0 Å². The van der Waals surface area contributed by atoms with Crippen molar-refractivity contribution in [2.75, 3.05) is 12.4 Å². The van der Waals surface area contributed by atoms with Gasteiger partial charge < -0.3 is 15.0 Å². The first kappa shape index (κ1) is 17.2. The van der Waals surface area contributed by atoms with Crippen molar-refractivity contribution in [3.63, 3.8) is 0 Å². The van der Waals surface area contributed by atoms with Gasteiger partial charge in [0, 0.05) is 7.05 Å². The molecule has 2 rings (SSSR count). The van der Waals surface area contributed by atoms with Crippen molar-refractivity contribution >= 4 is 15.7 Å². The van der Waals surface area contributed by atoms with Crippen molar-refractivity contribution in [3.05, 3.63) is 48.0 Å². The maximum Gasteiger partial charge on any atom is 0.270 e. The van der Waals surface area contributed by atoms with Gasteiger partial charge in [-0.1, -0.05) is 19.1 Å². The second-order valence-electron chi connectivity index (χ2n) is 5.07. The van der Waals surface area contributed by atoms with Gasteiger partial charge in [-0.15, -0.1) is 0 Å². The molecular formula is C15H19N3O4S. The van der Waals surface area contributed by atoms with Crippen molar-refractivity contribution in [1.29, 1.82) is 0 Å². The smallest absolute Gasteiger partial charge is 0.270 e. The van der Waals surface area contributed by atoms with Crippen LogP contribution in [0.5, 0.6) is 0 Å². The molecule has 0 aliphatic carbocycles. The number of sulfone groups is 1. The molecule has 0 bridgehead atoms. The van der Waals surface area contributed by atoms with E-state index in [1.165, 1.54) is 24.7 Å². The van der Waals surface area contributed by atoms with Crippen LogP contribution in [0.4, 0.5) is 0 Å². The summed E-state index contributed by atoms with van der Waals surface area (Å²) in [5.74, 6) is -0.346. The molecule has 1 heterocycles. The molecule has 0 saturated heterocycles. The fraction of sp³-hybridized carbons (Fsp3) is 0.333. The van der Waals surface area contributed by atoms with E-state index in [-0.39, 0.29) is 23.2 Å². The third kappa shape index (κ3) is 3.77. The zero-order chi connectivity index (χ0) is 17.0. The number of amides is 1.